The molecule has 0 saturated carbocycles. The van der Waals surface area contributed by atoms with E-state index in [-0.39, 0.29) is 5.25 Å². The number of para-hydroxylation sites is 1. The van der Waals surface area contributed by atoms with E-state index in [1.54, 1.807) is 23.1 Å². The van der Waals surface area contributed by atoms with Crippen LogP contribution in [-0.4, -0.2) is 11.5 Å². The molecule has 1 aromatic heterocycles. The van der Waals surface area contributed by atoms with Gasteiger partial charge in [-0.15, -0.1) is 11.3 Å². The molecule has 0 spiro atoms. The Balaban J connectivity index is 1.87. The first-order valence-corrected chi connectivity index (χ1v) is 8.31. The summed E-state index contributed by atoms with van der Waals surface area (Å²) in [6, 6.07) is 16.0. The van der Waals surface area contributed by atoms with Crippen molar-refractivity contribution in [3.05, 3.63) is 59.1 Å². The summed E-state index contributed by atoms with van der Waals surface area (Å²) in [5.74, 6) is 0. The second-order valence-corrected chi connectivity index (χ2v) is 7.26. The predicted octanol–water partition coefficient (Wildman–Crippen LogP) is 4.74. The molecule has 0 aliphatic heterocycles. The fraction of sp³-hybridized carbons (Fsp3) is 0.133. The van der Waals surface area contributed by atoms with Gasteiger partial charge in [-0.1, -0.05) is 47.6 Å². The normalized spacial score (nSPS) is 12.7. The van der Waals surface area contributed by atoms with Gasteiger partial charge >= 0.3 is 0 Å². The maximum atomic E-state index is 6.05. The molecule has 1 unspecified atom stereocenters. The Morgan fingerprint density at radius 2 is 2.05 bits per heavy atom. The first-order valence-electron chi connectivity index (χ1n) is 6.24. The molecule has 2 nitrogen and oxygen atoms in total. The molecule has 1 heterocycles. The van der Waals surface area contributed by atoms with Crippen molar-refractivity contribution in [1.82, 2.24) is 4.98 Å². The van der Waals surface area contributed by atoms with E-state index in [0.29, 0.717) is 6.54 Å². The van der Waals surface area contributed by atoms with Gasteiger partial charge in [0.2, 0.25) is 0 Å². The first-order chi connectivity index (χ1) is 9.76. The zero-order valence-corrected chi connectivity index (χ0v) is 13.0. The van der Waals surface area contributed by atoms with Crippen LogP contribution in [0.4, 0.5) is 0 Å². The lowest BCUT2D eigenvalue weighted by atomic mass is 10.1. The summed E-state index contributed by atoms with van der Waals surface area (Å²) < 4.78 is 2.25. The number of benzene rings is 2. The van der Waals surface area contributed by atoms with E-state index in [1.165, 1.54) is 4.70 Å². The van der Waals surface area contributed by atoms with Crippen LogP contribution in [0, 0.1) is 0 Å². The lowest BCUT2D eigenvalue weighted by molar-refractivity contribution is 0.940. The molecule has 0 saturated heterocycles. The number of fused-ring (bicyclic) bond motifs is 1. The number of hydrogen-bond donors (Lipinski definition) is 1. The zero-order valence-electron chi connectivity index (χ0n) is 10.6. The van der Waals surface area contributed by atoms with Gasteiger partial charge in [-0.3, -0.25) is 0 Å². The second kappa shape index (κ2) is 6.14. The summed E-state index contributed by atoms with van der Waals surface area (Å²) in [5, 5.41) is 0.917. The van der Waals surface area contributed by atoms with Crippen LogP contribution < -0.4 is 5.73 Å². The van der Waals surface area contributed by atoms with Crippen LogP contribution in [0.2, 0.25) is 5.02 Å². The van der Waals surface area contributed by atoms with Crippen molar-refractivity contribution >= 4 is 44.9 Å². The molecular weight excluding hydrogens is 308 g/mol. The Bertz CT molecular complexity index is 693. The average Bonchev–Trinajstić information content (AvgIpc) is 2.87. The molecule has 20 heavy (non-hydrogen) atoms. The predicted molar refractivity (Wildman–Crippen MR) is 88.7 cm³/mol. The number of nitrogens with zero attached hydrogens (tertiary/aromatic N) is 1. The molecule has 5 heteroatoms. The van der Waals surface area contributed by atoms with Crippen LogP contribution in [0.3, 0.4) is 0 Å². The number of thiazole rings is 1. The average molecular weight is 321 g/mol. The first kappa shape index (κ1) is 13.9. The third kappa shape index (κ3) is 2.99. The second-order valence-electron chi connectivity index (χ2n) is 4.34. The van der Waals surface area contributed by atoms with Crippen molar-refractivity contribution in [3.63, 3.8) is 0 Å². The van der Waals surface area contributed by atoms with Gasteiger partial charge in [-0.05, 0) is 29.8 Å². The summed E-state index contributed by atoms with van der Waals surface area (Å²) in [4.78, 5) is 4.64. The summed E-state index contributed by atoms with van der Waals surface area (Å²) >= 11 is 9.45. The van der Waals surface area contributed by atoms with E-state index >= 15 is 0 Å². The smallest absolute Gasteiger partial charge is 0.151 e. The van der Waals surface area contributed by atoms with E-state index in [0.717, 1.165) is 20.4 Å². The standard InChI is InChI=1S/C15H13ClN2S2/c16-11-5-3-4-10(8-11)14(9-17)20-15-18-12-6-1-2-7-13(12)19-15/h1-8,14H,9,17H2. The van der Waals surface area contributed by atoms with Crippen molar-refractivity contribution in [2.45, 2.75) is 9.59 Å². The SMILES string of the molecule is NCC(Sc1nc2ccccc2s1)c1cccc(Cl)c1. The Labute approximate surface area is 131 Å². The number of rotatable bonds is 4. The van der Waals surface area contributed by atoms with E-state index in [9.17, 15) is 0 Å². The highest BCUT2D eigenvalue weighted by molar-refractivity contribution is 8.01. The number of nitrogens with two attached hydrogens (primary N) is 1. The van der Waals surface area contributed by atoms with Crippen LogP contribution in [0.15, 0.2) is 52.9 Å². The molecule has 1 atom stereocenters. The third-order valence-electron chi connectivity index (χ3n) is 2.95. The van der Waals surface area contributed by atoms with Crippen molar-refractivity contribution in [3.8, 4) is 0 Å². The maximum absolute atomic E-state index is 6.05. The fourth-order valence-corrected chi connectivity index (χ4v) is 4.46. The van der Waals surface area contributed by atoms with Crippen LogP contribution in [-0.2, 0) is 0 Å². The minimum Gasteiger partial charge on any atom is -0.329 e. The molecule has 0 fully saturated rings. The number of hydrogen-bond acceptors (Lipinski definition) is 4. The summed E-state index contributed by atoms with van der Waals surface area (Å²) in [5.41, 5.74) is 8.10. The van der Waals surface area contributed by atoms with Crippen LogP contribution in [0.5, 0.6) is 0 Å². The molecule has 102 valence electrons. The fourth-order valence-electron chi connectivity index (χ4n) is 1.98. The molecule has 3 aromatic rings. The van der Waals surface area contributed by atoms with Gasteiger partial charge in [0.05, 0.1) is 10.2 Å². The largest absolute Gasteiger partial charge is 0.329 e. The van der Waals surface area contributed by atoms with Gasteiger partial charge in [-0.25, -0.2) is 4.98 Å². The van der Waals surface area contributed by atoms with E-state index in [2.05, 4.69) is 17.1 Å². The third-order valence-corrected chi connectivity index (χ3v) is 5.60. The monoisotopic (exact) mass is 320 g/mol. The Kier molecular flexibility index (Phi) is 4.27. The highest BCUT2D eigenvalue weighted by Gasteiger charge is 2.14. The van der Waals surface area contributed by atoms with Crippen molar-refractivity contribution in [2.24, 2.45) is 5.73 Å². The summed E-state index contributed by atoms with van der Waals surface area (Å²) in [6.45, 7) is 0.556. The van der Waals surface area contributed by atoms with Crippen molar-refractivity contribution < 1.29 is 0 Å². The highest BCUT2D eigenvalue weighted by Crippen LogP contribution is 2.38. The lowest BCUT2D eigenvalue weighted by Crippen LogP contribution is -2.09. The molecule has 2 aromatic carbocycles. The quantitative estimate of drug-likeness (QED) is 0.705. The topological polar surface area (TPSA) is 38.9 Å². The summed E-state index contributed by atoms with van der Waals surface area (Å²) in [6.07, 6.45) is 0. The lowest BCUT2D eigenvalue weighted by Gasteiger charge is -2.13. The number of thioether (sulfide) groups is 1. The van der Waals surface area contributed by atoms with Crippen molar-refractivity contribution in [2.75, 3.05) is 6.54 Å². The zero-order chi connectivity index (χ0) is 13.9. The van der Waals surface area contributed by atoms with Crippen molar-refractivity contribution in [1.29, 1.82) is 0 Å². The molecule has 2 N–H and O–H groups in total. The number of aromatic nitrogens is 1. The Morgan fingerprint density at radius 1 is 1.20 bits per heavy atom. The highest BCUT2D eigenvalue weighted by atomic mass is 35.5. The van der Waals surface area contributed by atoms with Crippen LogP contribution >= 0.6 is 34.7 Å². The molecule has 0 bridgehead atoms. The van der Waals surface area contributed by atoms with Gasteiger partial charge in [0.25, 0.3) is 0 Å². The van der Waals surface area contributed by atoms with Crippen LogP contribution in [0.1, 0.15) is 10.8 Å². The Morgan fingerprint density at radius 3 is 2.80 bits per heavy atom. The van der Waals surface area contributed by atoms with E-state index in [4.69, 9.17) is 17.3 Å². The van der Waals surface area contributed by atoms with Gasteiger partial charge in [0, 0.05) is 16.8 Å². The molecule has 0 amide bonds. The molecule has 0 aliphatic rings. The minimum absolute atomic E-state index is 0.175. The molecule has 3 rings (SSSR count). The van der Waals surface area contributed by atoms with Gasteiger partial charge in [0.15, 0.2) is 4.34 Å². The van der Waals surface area contributed by atoms with Gasteiger partial charge in [-0.2, -0.15) is 0 Å². The Hall–Kier alpha value is -1.07. The maximum Gasteiger partial charge on any atom is 0.151 e. The van der Waals surface area contributed by atoms with E-state index in [1.807, 2.05) is 36.4 Å². The minimum atomic E-state index is 0.175. The van der Waals surface area contributed by atoms with Gasteiger partial charge < -0.3 is 5.73 Å². The molecule has 0 radical (unpaired) electrons. The molecular formula is C15H13ClN2S2. The van der Waals surface area contributed by atoms with Gasteiger partial charge in [0.1, 0.15) is 0 Å². The summed E-state index contributed by atoms with van der Waals surface area (Å²) in [7, 11) is 0. The molecule has 0 aliphatic carbocycles. The van der Waals surface area contributed by atoms with E-state index < -0.39 is 0 Å². The van der Waals surface area contributed by atoms with Crippen LogP contribution in [0.25, 0.3) is 10.2 Å². The number of halogens is 1.